The first-order chi connectivity index (χ1) is 12.7. The van der Waals surface area contributed by atoms with E-state index in [-0.39, 0.29) is 5.91 Å². The van der Waals surface area contributed by atoms with Crippen LogP contribution in [0.15, 0.2) is 48.7 Å². The summed E-state index contributed by atoms with van der Waals surface area (Å²) < 4.78 is 5.67. The van der Waals surface area contributed by atoms with Crippen molar-refractivity contribution in [2.45, 2.75) is 26.2 Å². The van der Waals surface area contributed by atoms with Crippen molar-refractivity contribution in [3.63, 3.8) is 0 Å². The van der Waals surface area contributed by atoms with Crippen molar-refractivity contribution in [3.8, 4) is 5.75 Å². The molecular formula is C21H27N3O2. The lowest BCUT2D eigenvalue weighted by molar-refractivity contribution is -0.131. The van der Waals surface area contributed by atoms with Gasteiger partial charge in [-0.25, -0.2) is 0 Å². The van der Waals surface area contributed by atoms with E-state index in [1.807, 2.05) is 54.4 Å². The van der Waals surface area contributed by atoms with Crippen molar-refractivity contribution in [1.29, 1.82) is 0 Å². The minimum absolute atomic E-state index is 0.231. The van der Waals surface area contributed by atoms with Crippen LogP contribution < -0.4 is 9.64 Å². The lowest BCUT2D eigenvalue weighted by Crippen LogP contribution is -2.35. The van der Waals surface area contributed by atoms with Gasteiger partial charge >= 0.3 is 0 Å². The molecule has 1 fully saturated rings. The summed E-state index contributed by atoms with van der Waals surface area (Å²) in [5, 5.41) is 0. The third-order valence-electron chi connectivity index (χ3n) is 4.64. The van der Waals surface area contributed by atoms with Crippen LogP contribution in [0.2, 0.25) is 0 Å². The van der Waals surface area contributed by atoms with Crippen molar-refractivity contribution in [3.05, 3.63) is 54.4 Å². The van der Waals surface area contributed by atoms with Gasteiger partial charge < -0.3 is 14.5 Å². The first-order valence-electron chi connectivity index (χ1n) is 9.35. The number of carbonyl (C=O) groups excluding carboxylic acids is 1. The van der Waals surface area contributed by atoms with Crippen LogP contribution >= 0.6 is 0 Å². The number of hydrogen-bond donors (Lipinski definition) is 0. The summed E-state index contributed by atoms with van der Waals surface area (Å²) in [6.07, 6.45) is 4.14. The van der Waals surface area contributed by atoms with Crippen molar-refractivity contribution in [1.82, 2.24) is 9.88 Å². The van der Waals surface area contributed by atoms with Gasteiger partial charge in [-0.3, -0.25) is 9.78 Å². The largest absolute Gasteiger partial charge is 0.494 e. The fraction of sp³-hybridized carbons (Fsp3) is 0.429. The Morgan fingerprint density at radius 3 is 2.77 bits per heavy atom. The van der Waals surface area contributed by atoms with Crippen LogP contribution in [0.4, 0.5) is 5.69 Å². The number of aryl methyl sites for hydroxylation is 1. The summed E-state index contributed by atoms with van der Waals surface area (Å²) in [7, 11) is 0. The SMILES string of the molecule is Cc1cc(N2CCCN(C(=O)CCCOc3ccccc3)CC2)ccn1. The number of hydrogen-bond acceptors (Lipinski definition) is 4. The Bertz CT molecular complexity index is 705. The molecule has 0 unspecified atom stereocenters. The van der Waals surface area contributed by atoms with E-state index in [0.717, 1.165) is 50.5 Å². The number of aromatic nitrogens is 1. The van der Waals surface area contributed by atoms with Gasteiger partial charge in [-0.15, -0.1) is 0 Å². The molecule has 0 spiro atoms. The highest BCUT2D eigenvalue weighted by atomic mass is 16.5. The molecule has 5 nitrogen and oxygen atoms in total. The molecule has 1 aromatic heterocycles. The zero-order valence-electron chi connectivity index (χ0n) is 15.4. The Kier molecular flexibility index (Phi) is 6.47. The van der Waals surface area contributed by atoms with Crippen LogP contribution in [0.3, 0.4) is 0 Å². The zero-order valence-corrected chi connectivity index (χ0v) is 15.4. The van der Waals surface area contributed by atoms with Crippen molar-refractivity contribution >= 4 is 11.6 Å². The number of anilines is 1. The first-order valence-corrected chi connectivity index (χ1v) is 9.35. The zero-order chi connectivity index (χ0) is 18.2. The number of carbonyl (C=O) groups is 1. The molecule has 0 atom stereocenters. The Morgan fingerprint density at radius 1 is 1.12 bits per heavy atom. The van der Waals surface area contributed by atoms with Gasteiger partial charge in [-0.05, 0) is 44.0 Å². The maximum atomic E-state index is 12.5. The summed E-state index contributed by atoms with van der Waals surface area (Å²) in [5.74, 6) is 1.09. The molecule has 0 N–H and O–H groups in total. The van der Waals surface area contributed by atoms with Crippen molar-refractivity contribution in [2.75, 3.05) is 37.7 Å². The number of amides is 1. The summed E-state index contributed by atoms with van der Waals surface area (Å²) in [6, 6.07) is 13.9. The standard InChI is InChI=1S/C21H27N3O2/c1-18-17-19(10-11-22-18)23-12-6-13-24(15-14-23)21(25)9-5-16-26-20-7-3-2-4-8-20/h2-4,7-8,10-11,17H,5-6,9,12-16H2,1H3. The lowest BCUT2D eigenvalue weighted by Gasteiger charge is -2.24. The summed E-state index contributed by atoms with van der Waals surface area (Å²) in [5.41, 5.74) is 2.22. The quantitative estimate of drug-likeness (QED) is 0.748. The van der Waals surface area contributed by atoms with Gasteiger partial charge in [-0.2, -0.15) is 0 Å². The maximum absolute atomic E-state index is 12.5. The van der Waals surface area contributed by atoms with E-state index in [9.17, 15) is 4.79 Å². The summed E-state index contributed by atoms with van der Waals surface area (Å²) in [4.78, 5) is 21.1. The summed E-state index contributed by atoms with van der Waals surface area (Å²) >= 11 is 0. The predicted octanol–water partition coefficient (Wildman–Crippen LogP) is 3.29. The second kappa shape index (κ2) is 9.22. The Hall–Kier alpha value is -2.56. The fourth-order valence-electron chi connectivity index (χ4n) is 3.24. The van der Waals surface area contributed by atoms with Crippen LogP contribution in [0.5, 0.6) is 5.75 Å². The number of ether oxygens (including phenoxy) is 1. The molecule has 0 radical (unpaired) electrons. The van der Waals surface area contributed by atoms with Gasteiger partial charge in [0, 0.05) is 50.2 Å². The van der Waals surface area contributed by atoms with Crippen molar-refractivity contribution in [2.24, 2.45) is 0 Å². The van der Waals surface area contributed by atoms with Crippen LogP contribution in [0.1, 0.15) is 25.0 Å². The normalized spacial score (nSPS) is 14.8. The molecule has 2 aromatic rings. The number of para-hydroxylation sites is 1. The Balaban J connectivity index is 1.42. The minimum atomic E-state index is 0.231. The molecule has 0 saturated carbocycles. The first kappa shape index (κ1) is 18.2. The van der Waals surface area contributed by atoms with Crippen molar-refractivity contribution < 1.29 is 9.53 Å². The maximum Gasteiger partial charge on any atom is 0.222 e. The second-order valence-electron chi connectivity index (χ2n) is 6.64. The number of nitrogens with zero attached hydrogens (tertiary/aromatic N) is 3. The fourth-order valence-corrected chi connectivity index (χ4v) is 3.24. The van der Waals surface area contributed by atoms with E-state index in [2.05, 4.69) is 16.0 Å². The van der Waals surface area contributed by atoms with E-state index in [1.54, 1.807) is 0 Å². The predicted molar refractivity (Wildman–Crippen MR) is 104 cm³/mol. The van der Waals surface area contributed by atoms with Gasteiger partial charge in [0.15, 0.2) is 0 Å². The highest BCUT2D eigenvalue weighted by Crippen LogP contribution is 2.17. The molecule has 3 rings (SSSR count). The molecule has 2 heterocycles. The van der Waals surface area contributed by atoms with Gasteiger partial charge in [0.1, 0.15) is 5.75 Å². The van der Waals surface area contributed by atoms with E-state index < -0.39 is 0 Å². The molecular weight excluding hydrogens is 326 g/mol. The van der Waals surface area contributed by atoms with Gasteiger partial charge in [0.05, 0.1) is 6.61 Å². The third-order valence-corrected chi connectivity index (χ3v) is 4.64. The topological polar surface area (TPSA) is 45.7 Å². The van der Waals surface area contributed by atoms with E-state index in [4.69, 9.17) is 4.74 Å². The molecule has 0 bridgehead atoms. The van der Waals surface area contributed by atoms with Crippen LogP contribution in [0, 0.1) is 6.92 Å². The van der Waals surface area contributed by atoms with Gasteiger partial charge in [0.2, 0.25) is 5.91 Å². The highest BCUT2D eigenvalue weighted by Gasteiger charge is 2.19. The number of rotatable bonds is 6. The molecule has 1 amide bonds. The lowest BCUT2D eigenvalue weighted by atomic mass is 10.2. The van der Waals surface area contributed by atoms with Crippen LogP contribution in [-0.4, -0.2) is 48.6 Å². The average molecular weight is 353 g/mol. The third kappa shape index (κ3) is 5.22. The number of benzene rings is 1. The number of pyridine rings is 1. The van der Waals surface area contributed by atoms with Crippen LogP contribution in [0.25, 0.3) is 0 Å². The molecule has 26 heavy (non-hydrogen) atoms. The van der Waals surface area contributed by atoms with Gasteiger partial charge in [-0.1, -0.05) is 18.2 Å². The Labute approximate surface area is 155 Å². The highest BCUT2D eigenvalue weighted by molar-refractivity contribution is 5.76. The smallest absolute Gasteiger partial charge is 0.222 e. The molecule has 1 aromatic carbocycles. The average Bonchev–Trinajstić information content (AvgIpc) is 2.92. The molecule has 138 valence electrons. The second-order valence-corrected chi connectivity index (χ2v) is 6.64. The van der Waals surface area contributed by atoms with Crippen LogP contribution in [-0.2, 0) is 4.79 Å². The van der Waals surface area contributed by atoms with E-state index in [1.165, 1.54) is 5.69 Å². The Morgan fingerprint density at radius 2 is 1.96 bits per heavy atom. The summed E-state index contributed by atoms with van der Waals surface area (Å²) in [6.45, 7) is 6.04. The molecule has 5 heteroatoms. The molecule has 1 aliphatic rings. The molecule has 1 aliphatic heterocycles. The minimum Gasteiger partial charge on any atom is -0.494 e. The van der Waals surface area contributed by atoms with E-state index in [0.29, 0.717) is 13.0 Å². The van der Waals surface area contributed by atoms with Gasteiger partial charge in [0.25, 0.3) is 0 Å². The monoisotopic (exact) mass is 353 g/mol. The molecule has 0 aliphatic carbocycles. The molecule has 1 saturated heterocycles. The van der Waals surface area contributed by atoms with E-state index >= 15 is 0 Å².